The SMILES string of the molecule is COc1ccc(NS(=O)(=O)c2cc(C(=O)NCC(N)=O)ccc2C)cc1. The van der Waals surface area contributed by atoms with Crippen LogP contribution in [0.5, 0.6) is 5.75 Å². The van der Waals surface area contributed by atoms with Crippen LogP contribution in [-0.2, 0) is 14.8 Å². The predicted octanol–water partition coefficient (Wildman–Crippen LogP) is 1.02. The number of nitrogens with two attached hydrogens (primary N) is 1. The third-order valence-corrected chi connectivity index (χ3v) is 5.03. The highest BCUT2D eigenvalue weighted by molar-refractivity contribution is 7.92. The molecule has 0 aliphatic heterocycles. The maximum atomic E-state index is 12.7. The van der Waals surface area contributed by atoms with Gasteiger partial charge in [-0.2, -0.15) is 0 Å². The summed E-state index contributed by atoms with van der Waals surface area (Å²) in [6, 6.07) is 10.6. The van der Waals surface area contributed by atoms with Gasteiger partial charge in [-0.25, -0.2) is 8.42 Å². The second kappa shape index (κ2) is 7.87. The molecule has 0 heterocycles. The van der Waals surface area contributed by atoms with Crippen LogP contribution >= 0.6 is 0 Å². The van der Waals surface area contributed by atoms with Gasteiger partial charge in [0.1, 0.15) is 5.75 Å². The lowest BCUT2D eigenvalue weighted by Gasteiger charge is -2.12. The number of primary amides is 1. The molecule has 0 saturated carbocycles. The number of sulfonamides is 1. The molecule has 0 aliphatic rings. The average Bonchev–Trinajstić information content (AvgIpc) is 2.60. The van der Waals surface area contributed by atoms with Gasteiger partial charge < -0.3 is 15.8 Å². The zero-order chi connectivity index (χ0) is 19.3. The lowest BCUT2D eigenvalue weighted by molar-refractivity contribution is -0.117. The number of nitrogens with one attached hydrogen (secondary N) is 2. The molecule has 2 aromatic carbocycles. The van der Waals surface area contributed by atoms with Gasteiger partial charge in [0.25, 0.3) is 15.9 Å². The summed E-state index contributed by atoms with van der Waals surface area (Å²) in [4.78, 5) is 22.7. The van der Waals surface area contributed by atoms with E-state index in [1.807, 2.05) is 0 Å². The van der Waals surface area contributed by atoms with Gasteiger partial charge >= 0.3 is 0 Å². The minimum Gasteiger partial charge on any atom is -0.497 e. The standard InChI is InChI=1S/C17H19N3O5S/c1-11-3-4-12(17(22)19-10-16(18)21)9-15(11)26(23,24)20-13-5-7-14(25-2)8-6-13/h3-9,20H,10H2,1-2H3,(H2,18,21)(H,19,22). The van der Waals surface area contributed by atoms with E-state index in [0.717, 1.165) is 0 Å². The van der Waals surface area contributed by atoms with E-state index in [9.17, 15) is 18.0 Å². The van der Waals surface area contributed by atoms with Crippen LogP contribution < -0.4 is 20.5 Å². The first-order chi connectivity index (χ1) is 12.2. The Balaban J connectivity index is 2.28. The molecule has 0 unspecified atom stereocenters. The van der Waals surface area contributed by atoms with Gasteiger partial charge in [-0.05, 0) is 48.9 Å². The highest BCUT2D eigenvalue weighted by Gasteiger charge is 2.19. The molecule has 0 saturated heterocycles. The van der Waals surface area contributed by atoms with Crippen LogP contribution in [0.2, 0.25) is 0 Å². The number of anilines is 1. The highest BCUT2D eigenvalue weighted by Crippen LogP contribution is 2.22. The lowest BCUT2D eigenvalue weighted by atomic mass is 10.1. The number of carbonyl (C=O) groups is 2. The Kier molecular flexibility index (Phi) is 5.83. The molecular weight excluding hydrogens is 358 g/mol. The van der Waals surface area contributed by atoms with Crippen LogP contribution in [0.4, 0.5) is 5.69 Å². The molecule has 0 fully saturated rings. The molecular formula is C17H19N3O5S. The normalized spacial score (nSPS) is 10.8. The molecule has 9 heteroatoms. The number of methoxy groups -OCH3 is 1. The number of hydrogen-bond acceptors (Lipinski definition) is 5. The van der Waals surface area contributed by atoms with Crippen molar-refractivity contribution in [3.05, 3.63) is 53.6 Å². The fourth-order valence-corrected chi connectivity index (χ4v) is 3.50. The van der Waals surface area contributed by atoms with Crippen molar-refractivity contribution >= 4 is 27.5 Å². The number of aryl methyl sites for hydroxylation is 1. The van der Waals surface area contributed by atoms with Crippen molar-refractivity contribution in [3.8, 4) is 5.75 Å². The molecule has 0 bridgehead atoms. The van der Waals surface area contributed by atoms with E-state index in [4.69, 9.17) is 10.5 Å². The van der Waals surface area contributed by atoms with Crippen molar-refractivity contribution in [3.63, 3.8) is 0 Å². The second-order valence-corrected chi connectivity index (χ2v) is 7.11. The molecule has 2 aromatic rings. The maximum Gasteiger partial charge on any atom is 0.262 e. The zero-order valence-corrected chi connectivity index (χ0v) is 15.1. The number of rotatable bonds is 7. The Morgan fingerprint density at radius 2 is 1.77 bits per heavy atom. The number of hydrogen-bond donors (Lipinski definition) is 3. The Labute approximate surface area is 151 Å². The molecule has 26 heavy (non-hydrogen) atoms. The summed E-state index contributed by atoms with van der Waals surface area (Å²) in [5.74, 6) is -0.693. The van der Waals surface area contributed by atoms with Crippen LogP contribution in [0.25, 0.3) is 0 Å². The predicted molar refractivity (Wildman–Crippen MR) is 96.5 cm³/mol. The molecule has 0 spiro atoms. The van der Waals surface area contributed by atoms with E-state index < -0.39 is 21.8 Å². The summed E-state index contributed by atoms with van der Waals surface area (Å²) < 4.78 is 32.8. The van der Waals surface area contributed by atoms with E-state index in [0.29, 0.717) is 17.0 Å². The van der Waals surface area contributed by atoms with Gasteiger partial charge in [0.15, 0.2) is 0 Å². The van der Waals surface area contributed by atoms with Crippen molar-refractivity contribution in [1.82, 2.24) is 5.32 Å². The molecule has 4 N–H and O–H groups in total. The first kappa shape index (κ1) is 19.3. The first-order valence-electron chi connectivity index (χ1n) is 7.57. The van der Waals surface area contributed by atoms with Gasteiger partial charge in [-0.1, -0.05) is 6.07 Å². The third kappa shape index (κ3) is 4.73. The lowest BCUT2D eigenvalue weighted by Crippen LogP contribution is -2.33. The van der Waals surface area contributed by atoms with Gasteiger partial charge in [-0.3, -0.25) is 14.3 Å². The van der Waals surface area contributed by atoms with E-state index in [-0.39, 0.29) is 17.0 Å². The van der Waals surface area contributed by atoms with Crippen molar-refractivity contribution in [2.45, 2.75) is 11.8 Å². The van der Waals surface area contributed by atoms with Crippen LogP contribution in [-0.4, -0.2) is 33.9 Å². The number of ether oxygens (including phenoxy) is 1. The van der Waals surface area contributed by atoms with E-state index in [2.05, 4.69) is 10.0 Å². The number of carbonyl (C=O) groups excluding carboxylic acids is 2. The summed E-state index contributed by atoms with van der Waals surface area (Å²) in [5.41, 5.74) is 5.91. The summed E-state index contributed by atoms with van der Waals surface area (Å²) in [5, 5.41) is 2.32. The highest BCUT2D eigenvalue weighted by atomic mass is 32.2. The van der Waals surface area contributed by atoms with E-state index in [1.54, 1.807) is 31.2 Å². The van der Waals surface area contributed by atoms with Crippen molar-refractivity contribution < 1.29 is 22.7 Å². The smallest absolute Gasteiger partial charge is 0.262 e. The van der Waals surface area contributed by atoms with Gasteiger partial charge in [-0.15, -0.1) is 0 Å². The molecule has 2 rings (SSSR count). The minimum absolute atomic E-state index is 0.0416. The molecule has 0 aliphatic carbocycles. The van der Waals surface area contributed by atoms with Gasteiger partial charge in [0, 0.05) is 11.3 Å². The van der Waals surface area contributed by atoms with E-state index in [1.165, 1.54) is 25.3 Å². The molecule has 138 valence electrons. The topological polar surface area (TPSA) is 128 Å². The van der Waals surface area contributed by atoms with Gasteiger partial charge in [0.2, 0.25) is 5.91 Å². The Morgan fingerprint density at radius 3 is 2.35 bits per heavy atom. The van der Waals surface area contributed by atoms with Crippen molar-refractivity contribution in [2.75, 3.05) is 18.4 Å². The molecule has 0 radical (unpaired) electrons. The van der Waals surface area contributed by atoms with E-state index >= 15 is 0 Å². The van der Waals surface area contributed by atoms with Gasteiger partial charge in [0.05, 0.1) is 18.6 Å². The van der Waals surface area contributed by atoms with Crippen LogP contribution in [0.3, 0.4) is 0 Å². The zero-order valence-electron chi connectivity index (χ0n) is 14.3. The minimum atomic E-state index is -3.91. The third-order valence-electron chi connectivity index (χ3n) is 3.51. The Morgan fingerprint density at radius 1 is 1.12 bits per heavy atom. The van der Waals surface area contributed by atoms with Crippen LogP contribution in [0.15, 0.2) is 47.4 Å². The summed E-state index contributed by atoms with van der Waals surface area (Å²) in [6.07, 6.45) is 0. The fourth-order valence-electron chi connectivity index (χ4n) is 2.17. The largest absolute Gasteiger partial charge is 0.497 e. The second-order valence-electron chi connectivity index (χ2n) is 5.46. The summed E-state index contributed by atoms with van der Waals surface area (Å²) in [6.45, 7) is 1.28. The fraction of sp³-hybridized carbons (Fsp3) is 0.176. The van der Waals surface area contributed by atoms with Crippen LogP contribution in [0, 0.1) is 6.92 Å². The van der Waals surface area contributed by atoms with Crippen molar-refractivity contribution in [2.24, 2.45) is 5.73 Å². The number of amides is 2. The monoisotopic (exact) mass is 377 g/mol. The molecule has 8 nitrogen and oxygen atoms in total. The summed E-state index contributed by atoms with van der Waals surface area (Å²) >= 11 is 0. The first-order valence-corrected chi connectivity index (χ1v) is 9.05. The molecule has 2 amide bonds. The Hall–Kier alpha value is -3.07. The summed E-state index contributed by atoms with van der Waals surface area (Å²) in [7, 11) is -2.40. The average molecular weight is 377 g/mol. The van der Waals surface area contributed by atoms with Crippen LogP contribution in [0.1, 0.15) is 15.9 Å². The maximum absolute atomic E-state index is 12.7. The quantitative estimate of drug-likeness (QED) is 0.664. The Bertz CT molecular complexity index is 924. The molecule has 0 aromatic heterocycles. The number of benzene rings is 2. The molecule has 0 atom stereocenters. The van der Waals surface area contributed by atoms with Crippen molar-refractivity contribution in [1.29, 1.82) is 0 Å².